The van der Waals surface area contributed by atoms with Crippen molar-refractivity contribution < 1.29 is 22.7 Å². The van der Waals surface area contributed by atoms with Crippen LogP contribution in [0.1, 0.15) is 21.1 Å². The molecule has 0 aliphatic carbocycles. The largest absolute Gasteiger partial charge is 0.464 e. The van der Waals surface area contributed by atoms with Crippen molar-refractivity contribution in [2.24, 2.45) is 0 Å². The Hall–Kier alpha value is -1.89. The van der Waals surface area contributed by atoms with Crippen molar-refractivity contribution in [2.75, 3.05) is 7.11 Å². The molecule has 7 heteroatoms. The van der Waals surface area contributed by atoms with Crippen LogP contribution in [0.25, 0.3) is 10.4 Å². The molecule has 0 bridgehead atoms. The predicted octanol–water partition coefficient (Wildman–Crippen LogP) is 3.92. The molecule has 3 nitrogen and oxygen atoms in total. The SMILES string of the molecule is COC(=O)c1nc(C)sc1-c1ccc(C(F)(F)F)cc1. The molecule has 2 aromatic rings. The minimum atomic E-state index is -4.38. The first kappa shape index (κ1) is 14.5. The highest BCUT2D eigenvalue weighted by Crippen LogP contribution is 2.34. The highest BCUT2D eigenvalue weighted by Gasteiger charge is 2.30. The summed E-state index contributed by atoms with van der Waals surface area (Å²) in [4.78, 5) is 16.1. The maximum Gasteiger partial charge on any atom is 0.416 e. The van der Waals surface area contributed by atoms with E-state index >= 15 is 0 Å². The lowest BCUT2D eigenvalue weighted by atomic mass is 10.1. The smallest absolute Gasteiger partial charge is 0.416 e. The van der Waals surface area contributed by atoms with Crippen LogP contribution in [0.4, 0.5) is 13.2 Å². The van der Waals surface area contributed by atoms with E-state index in [1.54, 1.807) is 6.92 Å². The van der Waals surface area contributed by atoms with E-state index in [0.29, 0.717) is 15.4 Å². The van der Waals surface area contributed by atoms with Gasteiger partial charge in [0.25, 0.3) is 0 Å². The first-order valence-electron chi connectivity index (χ1n) is 5.56. The molecule has 0 aliphatic rings. The molecule has 0 spiro atoms. The van der Waals surface area contributed by atoms with Crippen molar-refractivity contribution in [3.05, 3.63) is 40.5 Å². The molecular weight excluding hydrogens is 291 g/mol. The summed E-state index contributed by atoms with van der Waals surface area (Å²) in [5.74, 6) is -0.607. The maximum atomic E-state index is 12.5. The average Bonchev–Trinajstić information content (AvgIpc) is 2.79. The van der Waals surface area contributed by atoms with Crippen molar-refractivity contribution in [1.29, 1.82) is 0 Å². The number of rotatable bonds is 2. The lowest BCUT2D eigenvalue weighted by molar-refractivity contribution is -0.137. The van der Waals surface area contributed by atoms with E-state index in [0.717, 1.165) is 12.1 Å². The van der Waals surface area contributed by atoms with Crippen molar-refractivity contribution in [2.45, 2.75) is 13.1 Å². The van der Waals surface area contributed by atoms with Crippen molar-refractivity contribution >= 4 is 17.3 Å². The molecule has 1 aromatic heterocycles. The lowest BCUT2D eigenvalue weighted by Crippen LogP contribution is -2.05. The number of esters is 1. The second kappa shape index (κ2) is 5.24. The number of hydrogen-bond acceptors (Lipinski definition) is 4. The van der Waals surface area contributed by atoms with Gasteiger partial charge in [-0.05, 0) is 24.6 Å². The van der Waals surface area contributed by atoms with Gasteiger partial charge in [-0.2, -0.15) is 13.2 Å². The summed E-state index contributed by atoms with van der Waals surface area (Å²) in [6.07, 6.45) is -4.38. The Balaban J connectivity index is 2.44. The number of carbonyl (C=O) groups is 1. The van der Waals surface area contributed by atoms with Crippen LogP contribution >= 0.6 is 11.3 Å². The van der Waals surface area contributed by atoms with Crippen LogP contribution in [0.3, 0.4) is 0 Å². The van der Waals surface area contributed by atoms with E-state index in [9.17, 15) is 18.0 Å². The minimum Gasteiger partial charge on any atom is -0.464 e. The summed E-state index contributed by atoms with van der Waals surface area (Å²) in [6, 6.07) is 4.60. The van der Waals surface area contributed by atoms with Crippen molar-refractivity contribution in [1.82, 2.24) is 4.98 Å². The molecule has 0 unspecified atom stereocenters. The number of benzene rings is 1. The van der Waals surface area contributed by atoms with Gasteiger partial charge in [-0.3, -0.25) is 0 Å². The van der Waals surface area contributed by atoms with Gasteiger partial charge in [-0.25, -0.2) is 9.78 Å². The number of halogens is 3. The van der Waals surface area contributed by atoms with Gasteiger partial charge in [0.1, 0.15) is 0 Å². The molecule has 0 N–H and O–H groups in total. The van der Waals surface area contributed by atoms with Crippen LogP contribution in [0.5, 0.6) is 0 Å². The van der Waals surface area contributed by atoms with E-state index in [1.165, 1.54) is 30.6 Å². The zero-order chi connectivity index (χ0) is 14.9. The summed E-state index contributed by atoms with van der Waals surface area (Å²) in [7, 11) is 1.23. The number of hydrogen-bond donors (Lipinski definition) is 0. The molecule has 106 valence electrons. The first-order valence-corrected chi connectivity index (χ1v) is 6.38. The summed E-state index contributed by atoms with van der Waals surface area (Å²) >= 11 is 1.23. The van der Waals surface area contributed by atoms with Gasteiger partial charge in [-0.15, -0.1) is 11.3 Å². The van der Waals surface area contributed by atoms with E-state index in [1.807, 2.05) is 0 Å². The van der Waals surface area contributed by atoms with Crippen LogP contribution in [0.15, 0.2) is 24.3 Å². The van der Waals surface area contributed by atoms with Gasteiger partial charge in [-0.1, -0.05) is 12.1 Å². The second-order valence-electron chi connectivity index (χ2n) is 3.98. The Morgan fingerprint density at radius 3 is 2.35 bits per heavy atom. The van der Waals surface area contributed by atoms with Crippen LogP contribution in [-0.4, -0.2) is 18.1 Å². The van der Waals surface area contributed by atoms with E-state index in [4.69, 9.17) is 0 Å². The lowest BCUT2D eigenvalue weighted by Gasteiger charge is -2.07. The predicted molar refractivity (Wildman–Crippen MR) is 68.6 cm³/mol. The summed E-state index contributed by atoms with van der Waals surface area (Å²) < 4.78 is 42.1. The molecule has 0 aliphatic heterocycles. The Morgan fingerprint density at radius 2 is 1.85 bits per heavy atom. The third-order valence-corrected chi connectivity index (χ3v) is 3.61. The molecule has 2 rings (SSSR count). The Morgan fingerprint density at radius 1 is 1.25 bits per heavy atom. The standard InChI is InChI=1S/C13H10F3NO2S/c1-7-17-10(12(18)19-2)11(20-7)8-3-5-9(6-4-8)13(14,15)16/h3-6H,1-2H3. The number of aromatic nitrogens is 1. The second-order valence-corrected chi connectivity index (χ2v) is 5.18. The third-order valence-electron chi connectivity index (χ3n) is 2.59. The molecule has 0 atom stereocenters. The van der Waals surface area contributed by atoms with Gasteiger partial charge >= 0.3 is 12.1 Å². The molecule has 0 amide bonds. The Bertz CT molecular complexity index is 632. The van der Waals surface area contributed by atoms with Gasteiger partial charge in [0.05, 0.1) is 22.6 Å². The fourth-order valence-corrected chi connectivity index (χ4v) is 2.58. The number of methoxy groups -OCH3 is 1. The number of aryl methyl sites for hydroxylation is 1. The van der Waals surface area contributed by atoms with E-state index < -0.39 is 17.7 Å². The van der Waals surface area contributed by atoms with Gasteiger partial charge in [0, 0.05) is 0 Å². The van der Waals surface area contributed by atoms with Crippen LogP contribution in [0, 0.1) is 6.92 Å². The number of ether oxygens (including phenoxy) is 1. The Kier molecular flexibility index (Phi) is 3.80. The molecule has 0 radical (unpaired) electrons. The molecular formula is C13H10F3NO2S. The van der Waals surface area contributed by atoms with Crippen LogP contribution in [-0.2, 0) is 10.9 Å². The normalized spacial score (nSPS) is 11.4. The summed E-state index contributed by atoms with van der Waals surface area (Å²) in [5, 5.41) is 0.639. The molecule has 1 heterocycles. The van der Waals surface area contributed by atoms with Crippen molar-refractivity contribution in [3.63, 3.8) is 0 Å². The molecule has 0 saturated carbocycles. The molecule has 1 aromatic carbocycles. The fourth-order valence-electron chi connectivity index (χ4n) is 1.67. The number of carbonyl (C=O) groups excluding carboxylic acids is 1. The number of alkyl halides is 3. The van der Waals surface area contributed by atoms with E-state index in [-0.39, 0.29) is 5.69 Å². The van der Waals surface area contributed by atoms with Crippen molar-refractivity contribution in [3.8, 4) is 10.4 Å². The topological polar surface area (TPSA) is 39.2 Å². The molecule has 20 heavy (non-hydrogen) atoms. The summed E-state index contributed by atoms with van der Waals surface area (Å²) in [5.41, 5.74) is -0.110. The van der Waals surface area contributed by atoms with Gasteiger partial charge in [0.15, 0.2) is 5.69 Å². The quantitative estimate of drug-likeness (QED) is 0.789. The number of nitrogens with zero attached hydrogens (tertiary/aromatic N) is 1. The van der Waals surface area contributed by atoms with Crippen LogP contribution < -0.4 is 0 Å². The molecule has 0 saturated heterocycles. The highest BCUT2D eigenvalue weighted by atomic mass is 32.1. The van der Waals surface area contributed by atoms with Crippen LogP contribution in [0.2, 0.25) is 0 Å². The summed E-state index contributed by atoms with van der Waals surface area (Å²) in [6.45, 7) is 1.71. The highest BCUT2D eigenvalue weighted by molar-refractivity contribution is 7.15. The van der Waals surface area contributed by atoms with E-state index in [2.05, 4.69) is 9.72 Å². The number of thiazole rings is 1. The fraction of sp³-hybridized carbons (Fsp3) is 0.231. The zero-order valence-electron chi connectivity index (χ0n) is 10.6. The average molecular weight is 301 g/mol. The van der Waals surface area contributed by atoms with Gasteiger partial charge in [0.2, 0.25) is 0 Å². The molecule has 0 fully saturated rings. The maximum absolute atomic E-state index is 12.5. The zero-order valence-corrected chi connectivity index (χ0v) is 11.4. The van der Waals surface area contributed by atoms with Gasteiger partial charge < -0.3 is 4.74 Å². The monoisotopic (exact) mass is 301 g/mol. The Labute approximate surface area is 117 Å². The minimum absolute atomic E-state index is 0.120. The first-order chi connectivity index (χ1) is 9.32. The third kappa shape index (κ3) is 2.82.